The predicted molar refractivity (Wildman–Crippen MR) is 80.0 cm³/mol. The van der Waals surface area contributed by atoms with Crippen molar-refractivity contribution in [3.05, 3.63) is 39.7 Å². The highest BCUT2D eigenvalue weighted by atomic mass is 16.5. The highest BCUT2D eigenvalue weighted by Crippen LogP contribution is 2.28. The number of nitrogens with one attached hydrogen (secondary N) is 1. The molecule has 1 heterocycles. The van der Waals surface area contributed by atoms with Gasteiger partial charge in [0.1, 0.15) is 17.4 Å². The van der Waals surface area contributed by atoms with Gasteiger partial charge in [0.05, 0.1) is 18.2 Å². The number of hydrogen-bond donors (Lipinski definition) is 2. The van der Waals surface area contributed by atoms with Gasteiger partial charge in [-0.3, -0.25) is 4.79 Å². The fraction of sp³-hybridized carbons (Fsp3) is 0.333. The van der Waals surface area contributed by atoms with E-state index in [1.54, 1.807) is 7.11 Å². The Hall–Kier alpha value is -2.30. The smallest absolute Gasteiger partial charge is 0.256 e. The lowest BCUT2D eigenvalue weighted by Gasteiger charge is -2.10. The van der Waals surface area contributed by atoms with Gasteiger partial charge in [0.15, 0.2) is 0 Å². The lowest BCUT2D eigenvalue weighted by Crippen LogP contribution is -2.18. The number of aryl methyl sites for hydroxylation is 1. The number of nitrogen functional groups attached to an aromatic ring is 1. The Balaban J connectivity index is 2.57. The number of anilines is 1. The molecule has 5 nitrogen and oxygen atoms in total. The normalized spacial score (nSPS) is 10.6. The van der Waals surface area contributed by atoms with Gasteiger partial charge in [-0.15, -0.1) is 0 Å². The molecule has 20 heavy (non-hydrogen) atoms. The van der Waals surface area contributed by atoms with E-state index in [4.69, 9.17) is 10.5 Å². The molecule has 0 aliphatic heterocycles. The summed E-state index contributed by atoms with van der Waals surface area (Å²) in [5.41, 5.74) is 8.06. The summed E-state index contributed by atoms with van der Waals surface area (Å²) >= 11 is 0. The maximum Gasteiger partial charge on any atom is 0.256 e. The standard InChI is InChI=1S/C15H19N3O2/c1-4-5-11-13(16)17-14(18-15(11)19)10-7-6-9(2)8-12(10)20-3/h6-8H,4-5H2,1-3H3,(H3,16,17,18,19). The van der Waals surface area contributed by atoms with Gasteiger partial charge < -0.3 is 15.5 Å². The Morgan fingerprint density at radius 3 is 2.75 bits per heavy atom. The lowest BCUT2D eigenvalue weighted by atomic mass is 10.1. The first-order valence-electron chi connectivity index (χ1n) is 6.60. The minimum atomic E-state index is -0.183. The number of nitrogens with zero attached hydrogens (tertiary/aromatic N) is 1. The quantitative estimate of drug-likeness (QED) is 0.895. The summed E-state index contributed by atoms with van der Waals surface area (Å²) in [5, 5.41) is 0. The van der Waals surface area contributed by atoms with E-state index in [-0.39, 0.29) is 11.4 Å². The van der Waals surface area contributed by atoms with Crippen molar-refractivity contribution in [1.29, 1.82) is 0 Å². The average molecular weight is 273 g/mol. The predicted octanol–water partition coefficient (Wildman–Crippen LogP) is 2.29. The highest BCUT2D eigenvalue weighted by Gasteiger charge is 2.13. The van der Waals surface area contributed by atoms with Crippen LogP contribution >= 0.6 is 0 Å². The third-order valence-electron chi connectivity index (χ3n) is 3.16. The number of aromatic amines is 1. The van der Waals surface area contributed by atoms with Crippen molar-refractivity contribution >= 4 is 5.82 Å². The molecule has 2 aromatic rings. The van der Waals surface area contributed by atoms with Crippen molar-refractivity contribution in [3.8, 4) is 17.1 Å². The second-order valence-corrected chi connectivity index (χ2v) is 4.73. The number of methoxy groups -OCH3 is 1. The summed E-state index contributed by atoms with van der Waals surface area (Å²) in [5.74, 6) is 1.38. The number of ether oxygens (including phenoxy) is 1. The van der Waals surface area contributed by atoms with E-state index >= 15 is 0 Å². The summed E-state index contributed by atoms with van der Waals surface area (Å²) in [6, 6.07) is 5.70. The van der Waals surface area contributed by atoms with Crippen LogP contribution in [0.1, 0.15) is 24.5 Å². The van der Waals surface area contributed by atoms with Gasteiger partial charge in [0, 0.05) is 0 Å². The molecule has 0 amide bonds. The fourth-order valence-corrected chi connectivity index (χ4v) is 2.13. The van der Waals surface area contributed by atoms with Crippen LogP contribution in [0.2, 0.25) is 0 Å². The molecule has 0 saturated carbocycles. The number of benzene rings is 1. The van der Waals surface area contributed by atoms with E-state index in [0.717, 1.165) is 17.5 Å². The summed E-state index contributed by atoms with van der Waals surface area (Å²) < 4.78 is 5.34. The average Bonchev–Trinajstić information content (AvgIpc) is 2.42. The van der Waals surface area contributed by atoms with E-state index < -0.39 is 0 Å². The first-order chi connectivity index (χ1) is 9.56. The molecular formula is C15H19N3O2. The van der Waals surface area contributed by atoms with E-state index in [0.29, 0.717) is 23.6 Å². The Labute approximate surface area is 117 Å². The second-order valence-electron chi connectivity index (χ2n) is 4.73. The third kappa shape index (κ3) is 2.66. The van der Waals surface area contributed by atoms with Crippen LogP contribution in [0.3, 0.4) is 0 Å². The van der Waals surface area contributed by atoms with Crippen molar-refractivity contribution in [2.75, 3.05) is 12.8 Å². The van der Waals surface area contributed by atoms with Gasteiger partial charge in [-0.2, -0.15) is 0 Å². The Morgan fingerprint density at radius 1 is 1.40 bits per heavy atom. The zero-order chi connectivity index (χ0) is 14.7. The fourth-order valence-electron chi connectivity index (χ4n) is 2.13. The third-order valence-corrected chi connectivity index (χ3v) is 3.16. The van der Waals surface area contributed by atoms with E-state index in [1.165, 1.54) is 0 Å². The molecular weight excluding hydrogens is 254 g/mol. The maximum atomic E-state index is 12.1. The summed E-state index contributed by atoms with van der Waals surface area (Å²) in [7, 11) is 1.59. The molecule has 2 rings (SSSR count). The molecule has 1 aromatic carbocycles. The first-order valence-corrected chi connectivity index (χ1v) is 6.60. The number of hydrogen-bond acceptors (Lipinski definition) is 4. The van der Waals surface area contributed by atoms with Crippen LogP contribution in [0, 0.1) is 6.92 Å². The van der Waals surface area contributed by atoms with Crippen molar-refractivity contribution < 1.29 is 4.74 Å². The molecule has 0 spiro atoms. The minimum absolute atomic E-state index is 0.183. The molecule has 0 aliphatic carbocycles. The van der Waals surface area contributed by atoms with Crippen LogP contribution in [-0.2, 0) is 6.42 Å². The van der Waals surface area contributed by atoms with Crippen molar-refractivity contribution in [1.82, 2.24) is 9.97 Å². The number of nitrogens with two attached hydrogens (primary N) is 1. The SMILES string of the molecule is CCCc1c(N)nc(-c2ccc(C)cc2OC)[nH]c1=O. The molecule has 0 atom stereocenters. The van der Waals surface area contributed by atoms with Crippen LogP contribution in [0.25, 0.3) is 11.4 Å². The van der Waals surface area contributed by atoms with Gasteiger partial charge in [-0.05, 0) is 31.0 Å². The molecule has 0 fully saturated rings. The van der Waals surface area contributed by atoms with Gasteiger partial charge in [-0.1, -0.05) is 19.4 Å². The summed E-state index contributed by atoms with van der Waals surface area (Å²) in [4.78, 5) is 19.2. The molecule has 0 bridgehead atoms. The Kier molecular flexibility index (Phi) is 4.08. The summed E-state index contributed by atoms with van der Waals surface area (Å²) in [6.45, 7) is 3.97. The molecule has 0 unspecified atom stereocenters. The molecule has 0 radical (unpaired) electrons. The number of aromatic nitrogens is 2. The Morgan fingerprint density at radius 2 is 2.15 bits per heavy atom. The zero-order valence-corrected chi connectivity index (χ0v) is 12.0. The molecule has 1 aromatic heterocycles. The lowest BCUT2D eigenvalue weighted by molar-refractivity contribution is 0.416. The molecule has 106 valence electrons. The van der Waals surface area contributed by atoms with Gasteiger partial charge >= 0.3 is 0 Å². The van der Waals surface area contributed by atoms with E-state index in [9.17, 15) is 4.79 Å². The van der Waals surface area contributed by atoms with Gasteiger partial charge in [-0.25, -0.2) is 4.98 Å². The van der Waals surface area contributed by atoms with Crippen LogP contribution < -0.4 is 16.0 Å². The van der Waals surface area contributed by atoms with E-state index in [2.05, 4.69) is 9.97 Å². The number of H-pyrrole nitrogens is 1. The van der Waals surface area contributed by atoms with Gasteiger partial charge in [0.25, 0.3) is 5.56 Å². The topological polar surface area (TPSA) is 81.0 Å². The molecule has 5 heteroatoms. The van der Waals surface area contributed by atoms with Crippen molar-refractivity contribution in [2.24, 2.45) is 0 Å². The largest absolute Gasteiger partial charge is 0.496 e. The van der Waals surface area contributed by atoms with E-state index in [1.807, 2.05) is 32.0 Å². The monoisotopic (exact) mass is 273 g/mol. The molecule has 0 saturated heterocycles. The van der Waals surface area contributed by atoms with Crippen LogP contribution in [-0.4, -0.2) is 17.1 Å². The molecule has 0 aliphatic rings. The van der Waals surface area contributed by atoms with Gasteiger partial charge in [0.2, 0.25) is 0 Å². The first kappa shape index (κ1) is 14.1. The van der Waals surface area contributed by atoms with Crippen LogP contribution in [0.4, 0.5) is 5.82 Å². The second kappa shape index (κ2) is 5.77. The highest BCUT2D eigenvalue weighted by molar-refractivity contribution is 5.66. The summed E-state index contributed by atoms with van der Waals surface area (Å²) in [6.07, 6.45) is 1.47. The number of rotatable bonds is 4. The Bertz CT molecular complexity index is 677. The molecule has 3 N–H and O–H groups in total. The van der Waals surface area contributed by atoms with Crippen molar-refractivity contribution in [3.63, 3.8) is 0 Å². The zero-order valence-electron chi connectivity index (χ0n) is 12.0. The van der Waals surface area contributed by atoms with Crippen LogP contribution in [0.5, 0.6) is 5.75 Å². The van der Waals surface area contributed by atoms with Crippen LogP contribution in [0.15, 0.2) is 23.0 Å². The van der Waals surface area contributed by atoms with Crippen molar-refractivity contribution in [2.45, 2.75) is 26.7 Å². The minimum Gasteiger partial charge on any atom is -0.496 e. The maximum absolute atomic E-state index is 12.1.